The van der Waals surface area contributed by atoms with Crippen molar-refractivity contribution in [1.29, 1.82) is 0 Å². The quantitative estimate of drug-likeness (QED) is 0.858. The van der Waals surface area contributed by atoms with Gasteiger partial charge in [0.05, 0.1) is 17.3 Å². The molecule has 0 aliphatic carbocycles. The first-order chi connectivity index (χ1) is 9.55. The van der Waals surface area contributed by atoms with E-state index in [0.717, 1.165) is 0 Å². The van der Waals surface area contributed by atoms with Crippen molar-refractivity contribution >= 4 is 50.5 Å². The van der Waals surface area contributed by atoms with Crippen molar-refractivity contribution < 1.29 is 9.53 Å². The number of halogens is 2. The second-order valence-electron chi connectivity index (χ2n) is 3.75. The number of benzene rings is 1. The van der Waals surface area contributed by atoms with E-state index in [1.54, 1.807) is 17.5 Å². The molecule has 1 heterocycles. The standard InChI is InChI=1S/C12H11BrClN3O2S/c1-19-11-7(13)2-6(14)3-8(11)17-12(18)9-5-20-10(4-15)16-9/h2-3,5H,4,15H2,1H3,(H,17,18). The highest BCUT2D eigenvalue weighted by Crippen LogP contribution is 2.36. The van der Waals surface area contributed by atoms with Crippen molar-refractivity contribution in [2.24, 2.45) is 5.73 Å². The zero-order chi connectivity index (χ0) is 14.7. The molecule has 5 nitrogen and oxygen atoms in total. The maximum Gasteiger partial charge on any atom is 0.275 e. The van der Waals surface area contributed by atoms with E-state index in [1.807, 2.05) is 0 Å². The molecule has 0 bridgehead atoms. The largest absolute Gasteiger partial charge is 0.493 e. The minimum absolute atomic E-state index is 0.310. The Morgan fingerprint density at radius 2 is 2.35 bits per heavy atom. The normalized spacial score (nSPS) is 10.4. The average Bonchev–Trinajstić information content (AvgIpc) is 2.87. The number of methoxy groups -OCH3 is 1. The summed E-state index contributed by atoms with van der Waals surface area (Å²) in [5, 5.41) is 5.56. The maximum atomic E-state index is 12.1. The van der Waals surface area contributed by atoms with Gasteiger partial charge in [0.2, 0.25) is 0 Å². The molecule has 0 aliphatic heterocycles. The van der Waals surface area contributed by atoms with Crippen molar-refractivity contribution in [1.82, 2.24) is 4.98 Å². The highest BCUT2D eigenvalue weighted by molar-refractivity contribution is 9.10. The van der Waals surface area contributed by atoms with Crippen LogP contribution in [0.4, 0.5) is 5.69 Å². The monoisotopic (exact) mass is 375 g/mol. The summed E-state index contributed by atoms with van der Waals surface area (Å²) in [6.45, 7) is 0.310. The number of aromatic nitrogens is 1. The Hall–Kier alpha value is -1.15. The SMILES string of the molecule is COc1c(Br)cc(Cl)cc1NC(=O)c1csc(CN)n1. The molecule has 1 aromatic heterocycles. The molecule has 3 N–H and O–H groups in total. The van der Waals surface area contributed by atoms with Gasteiger partial charge in [0.15, 0.2) is 5.75 Å². The number of carbonyl (C=O) groups excluding carboxylic acids is 1. The predicted molar refractivity (Wildman–Crippen MR) is 83.7 cm³/mol. The summed E-state index contributed by atoms with van der Waals surface area (Å²) in [7, 11) is 1.51. The molecule has 106 valence electrons. The van der Waals surface area contributed by atoms with Crippen LogP contribution in [0.3, 0.4) is 0 Å². The van der Waals surface area contributed by atoms with Gasteiger partial charge in [-0.15, -0.1) is 11.3 Å². The van der Waals surface area contributed by atoms with E-state index in [9.17, 15) is 4.79 Å². The van der Waals surface area contributed by atoms with Crippen LogP contribution in [0.2, 0.25) is 5.02 Å². The van der Waals surface area contributed by atoms with Gasteiger partial charge in [-0.2, -0.15) is 0 Å². The molecular weight excluding hydrogens is 366 g/mol. The fraction of sp³-hybridized carbons (Fsp3) is 0.167. The lowest BCUT2D eigenvalue weighted by Crippen LogP contribution is -2.13. The number of amides is 1. The molecule has 1 aromatic carbocycles. The number of nitrogens with zero attached hydrogens (tertiary/aromatic N) is 1. The van der Waals surface area contributed by atoms with Gasteiger partial charge in [-0.25, -0.2) is 4.98 Å². The molecule has 1 amide bonds. The van der Waals surface area contributed by atoms with Crippen LogP contribution in [-0.2, 0) is 6.54 Å². The Morgan fingerprint density at radius 1 is 1.60 bits per heavy atom. The molecule has 8 heteroatoms. The molecule has 0 fully saturated rings. The number of rotatable bonds is 4. The average molecular weight is 377 g/mol. The Bertz CT molecular complexity index is 648. The van der Waals surface area contributed by atoms with E-state index < -0.39 is 0 Å². The summed E-state index contributed by atoms with van der Waals surface area (Å²) < 4.78 is 5.89. The van der Waals surface area contributed by atoms with Gasteiger partial charge in [-0.05, 0) is 28.1 Å². The van der Waals surface area contributed by atoms with Gasteiger partial charge in [0.25, 0.3) is 5.91 Å². The van der Waals surface area contributed by atoms with Gasteiger partial charge < -0.3 is 15.8 Å². The number of anilines is 1. The number of hydrogen-bond donors (Lipinski definition) is 2. The number of hydrogen-bond acceptors (Lipinski definition) is 5. The molecule has 2 aromatic rings. The Morgan fingerprint density at radius 3 is 2.95 bits per heavy atom. The molecule has 2 rings (SSSR count). The van der Waals surface area contributed by atoms with Gasteiger partial charge in [-0.1, -0.05) is 11.6 Å². The zero-order valence-corrected chi connectivity index (χ0v) is 13.6. The van der Waals surface area contributed by atoms with Crippen LogP contribution >= 0.6 is 38.9 Å². The third kappa shape index (κ3) is 3.29. The van der Waals surface area contributed by atoms with Crippen LogP contribution in [-0.4, -0.2) is 18.0 Å². The third-order valence-corrected chi connectivity index (χ3v) is 4.10. The second-order valence-corrected chi connectivity index (χ2v) is 5.99. The second kappa shape index (κ2) is 6.53. The smallest absolute Gasteiger partial charge is 0.275 e. The van der Waals surface area contributed by atoms with Crippen LogP contribution in [0.5, 0.6) is 5.75 Å². The number of ether oxygens (including phenoxy) is 1. The lowest BCUT2D eigenvalue weighted by Gasteiger charge is -2.11. The predicted octanol–water partition coefficient (Wildman–Crippen LogP) is 3.28. The van der Waals surface area contributed by atoms with Gasteiger partial charge >= 0.3 is 0 Å². The lowest BCUT2D eigenvalue weighted by atomic mass is 10.3. The van der Waals surface area contributed by atoms with E-state index in [-0.39, 0.29) is 5.91 Å². The van der Waals surface area contributed by atoms with Crippen LogP contribution in [0.25, 0.3) is 0 Å². The minimum atomic E-state index is -0.339. The third-order valence-electron chi connectivity index (χ3n) is 2.42. The summed E-state index contributed by atoms with van der Waals surface area (Å²) in [5.41, 5.74) is 6.26. The fourth-order valence-electron chi connectivity index (χ4n) is 1.56. The molecule has 0 aliphatic rings. The van der Waals surface area contributed by atoms with E-state index in [1.165, 1.54) is 18.4 Å². The molecule has 0 saturated heterocycles. The first-order valence-corrected chi connectivity index (χ1v) is 7.59. The minimum Gasteiger partial charge on any atom is -0.493 e. The summed E-state index contributed by atoms with van der Waals surface area (Å²) >= 11 is 10.6. The van der Waals surface area contributed by atoms with E-state index in [0.29, 0.717) is 38.2 Å². The number of nitrogens with two attached hydrogens (primary N) is 1. The van der Waals surface area contributed by atoms with Crippen LogP contribution < -0.4 is 15.8 Å². The molecule has 20 heavy (non-hydrogen) atoms. The van der Waals surface area contributed by atoms with Crippen LogP contribution in [0.1, 0.15) is 15.5 Å². The first-order valence-electron chi connectivity index (χ1n) is 5.54. The Balaban J connectivity index is 2.27. The van der Waals surface area contributed by atoms with Crippen molar-refractivity contribution in [3.8, 4) is 5.75 Å². The van der Waals surface area contributed by atoms with Crippen molar-refractivity contribution in [2.75, 3.05) is 12.4 Å². The number of nitrogens with one attached hydrogen (secondary N) is 1. The molecule has 0 unspecified atom stereocenters. The van der Waals surface area contributed by atoms with Crippen molar-refractivity contribution in [2.45, 2.75) is 6.54 Å². The number of thiazole rings is 1. The van der Waals surface area contributed by atoms with Crippen molar-refractivity contribution in [3.63, 3.8) is 0 Å². The molecule has 0 spiro atoms. The first kappa shape index (κ1) is 15.2. The molecule has 0 atom stereocenters. The summed E-state index contributed by atoms with van der Waals surface area (Å²) in [4.78, 5) is 16.2. The molecular formula is C12H11BrClN3O2S. The van der Waals surface area contributed by atoms with E-state index in [4.69, 9.17) is 22.1 Å². The van der Waals surface area contributed by atoms with Crippen LogP contribution in [0.15, 0.2) is 22.0 Å². The van der Waals surface area contributed by atoms with Gasteiger partial charge in [0.1, 0.15) is 10.7 Å². The Labute approximate surface area is 133 Å². The summed E-state index contributed by atoms with van der Waals surface area (Å²) in [6, 6.07) is 3.30. The molecule has 0 saturated carbocycles. The zero-order valence-electron chi connectivity index (χ0n) is 10.4. The van der Waals surface area contributed by atoms with Gasteiger partial charge in [0, 0.05) is 16.9 Å². The van der Waals surface area contributed by atoms with Gasteiger partial charge in [-0.3, -0.25) is 4.79 Å². The summed E-state index contributed by atoms with van der Waals surface area (Å²) in [5.74, 6) is 0.158. The fourth-order valence-corrected chi connectivity index (χ4v) is 3.18. The lowest BCUT2D eigenvalue weighted by molar-refractivity contribution is 0.102. The summed E-state index contributed by atoms with van der Waals surface area (Å²) in [6.07, 6.45) is 0. The highest BCUT2D eigenvalue weighted by Gasteiger charge is 2.15. The van der Waals surface area contributed by atoms with E-state index >= 15 is 0 Å². The van der Waals surface area contributed by atoms with Crippen LogP contribution in [0, 0.1) is 0 Å². The van der Waals surface area contributed by atoms with E-state index in [2.05, 4.69) is 26.2 Å². The topological polar surface area (TPSA) is 77.2 Å². The number of carbonyl (C=O) groups is 1. The maximum absolute atomic E-state index is 12.1. The Kier molecular flexibility index (Phi) is 4.98. The molecule has 0 radical (unpaired) electrons. The highest BCUT2D eigenvalue weighted by atomic mass is 79.9. The van der Waals surface area contributed by atoms with Crippen molar-refractivity contribution in [3.05, 3.63) is 37.7 Å².